The Bertz CT molecular complexity index is 931. The first-order chi connectivity index (χ1) is 26.3. The number of carbonyl (C=O) groups is 2. The van der Waals surface area contributed by atoms with Crippen LogP contribution in [0.15, 0.2) is 24.3 Å². The molecule has 318 valence electrons. The molecule has 2 N–H and O–H groups in total. The Labute approximate surface area is 332 Å². The lowest BCUT2D eigenvalue weighted by Gasteiger charge is -2.18. The van der Waals surface area contributed by atoms with Gasteiger partial charge in [0, 0.05) is 12.8 Å². The van der Waals surface area contributed by atoms with Gasteiger partial charge in [-0.2, -0.15) is 0 Å². The van der Waals surface area contributed by atoms with Crippen LogP contribution in [0.25, 0.3) is 0 Å². The van der Waals surface area contributed by atoms with Crippen LogP contribution in [0.4, 0.5) is 0 Å². The molecule has 0 radical (unpaired) electrons. The molecular weight excluding hydrogens is 699 g/mol. The Morgan fingerprint density at radius 3 is 1.20 bits per heavy atom. The number of hydrogen-bond donors (Lipinski definition) is 2. The maximum Gasteiger partial charge on any atom is 0.469 e. The Balaban J connectivity index is 3.85. The molecule has 0 aromatic rings. The third kappa shape index (κ3) is 43.3. The summed E-state index contributed by atoms with van der Waals surface area (Å²) in [7, 11) is -4.76. The standard InChI is InChI=1S/C45H85O8P/c1-3-5-7-9-11-13-15-17-18-19-20-21-22-23-24-25-26-28-30-32-34-36-38-40-45(47)53-43(42-52-54(48,49)50)41-51-44(46)39-37-35-33-31-29-27-16-14-12-10-8-6-4-2/h14,16,32,34,43H,3-13,15,17-31,33,35-42H2,1-2H3,(H2,48,49,50)/b16-14+,34-32+/t43-/m1/s1. The van der Waals surface area contributed by atoms with Crippen molar-refractivity contribution in [3.63, 3.8) is 0 Å². The molecule has 0 rings (SSSR count). The molecule has 54 heavy (non-hydrogen) atoms. The van der Waals surface area contributed by atoms with Crippen molar-refractivity contribution in [2.75, 3.05) is 13.2 Å². The lowest BCUT2D eigenvalue weighted by atomic mass is 10.0. The van der Waals surface area contributed by atoms with E-state index in [-0.39, 0.29) is 19.4 Å². The molecule has 0 saturated carbocycles. The van der Waals surface area contributed by atoms with Gasteiger partial charge in [0.2, 0.25) is 0 Å². The van der Waals surface area contributed by atoms with Crippen molar-refractivity contribution in [2.45, 2.75) is 238 Å². The topological polar surface area (TPSA) is 119 Å². The summed E-state index contributed by atoms with van der Waals surface area (Å²) in [4.78, 5) is 42.8. The summed E-state index contributed by atoms with van der Waals surface area (Å²) < 4.78 is 26.4. The molecule has 0 heterocycles. The van der Waals surface area contributed by atoms with Crippen LogP contribution in [0.3, 0.4) is 0 Å². The van der Waals surface area contributed by atoms with Crippen molar-refractivity contribution in [3.05, 3.63) is 24.3 Å². The molecule has 8 nitrogen and oxygen atoms in total. The molecular formula is C45H85O8P. The zero-order chi connectivity index (χ0) is 39.6. The maximum absolute atomic E-state index is 12.4. The highest BCUT2D eigenvalue weighted by atomic mass is 31.2. The fourth-order valence-electron chi connectivity index (χ4n) is 6.55. The largest absolute Gasteiger partial charge is 0.469 e. The third-order valence-corrected chi connectivity index (χ3v) is 10.4. The van der Waals surface area contributed by atoms with Gasteiger partial charge in [-0.1, -0.05) is 186 Å². The van der Waals surface area contributed by atoms with E-state index in [0.717, 1.165) is 44.9 Å². The summed E-state index contributed by atoms with van der Waals surface area (Å²) >= 11 is 0. The minimum absolute atomic E-state index is 0.165. The number of allylic oxidation sites excluding steroid dienone is 4. The van der Waals surface area contributed by atoms with Gasteiger partial charge >= 0.3 is 19.8 Å². The number of unbranched alkanes of at least 4 members (excludes halogenated alkanes) is 28. The average Bonchev–Trinajstić information content (AvgIpc) is 3.14. The van der Waals surface area contributed by atoms with Crippen LogP contribution in [-0.2, 0) is 28.2 Å². The van der Waals surface area contributed by atoms with Crippen LogP contribution in [0.2, 0.25) is 0 Å². The molecule has 0 bridgehead atoms. The van der Waals surface area contributed by atoms with Gasteiger partial charge in [0.25, 0.3) is 0 Å². The fraction of sp³-hybridized carbons (Fsp3) is 0.867. The van der Waals surface area contributed by atoms with Gasteiger partial charge in [0.1, 0.15) is 6.61 Å². The summed E-state index contributed by atoms with van der Waals surface area (Å²) in [5.41, 5.74) is 0. The van der Waals surface area contributed by atoms with Crippen molar-refractivity contribution < 1.29 is 37.9 Å². The minimum Gasteiger partial charge on any atom is -0.462 e. The number of ether oxygens (including phenoxy) is 2. The Morgan fingerprint density at radius 1 is 0.463 bits per heavy atom. The monoisotopic (exact) mass is 785 g/mol. The summed E-state index contributed by atoms with van der Waals surface area (Å²) in [6.07, 6.45) is 47.8. The van der Waals surface area contributed by atoms with Gasteiger partial charge in [0.05, 0.1) is 6.61 Å². The van der Waals surface area contributed by atoms with Crippen molar-refractivity contribution in [1.82, 2.24) is 0 Å². The first kappa shape index (κ1) is 52.5. The first-order valence-corrected chi connectivity index (χ1v) is 24.2. The van der Waals surface area contributed by atoms with Crippen molar-refractivity contribution in [3.8, 4) is 0 Å². The Kier molecular flexibility index (Phi) is 40.1. The van der Waals surface area contributed by atoms with Crippen molar-refractivity contribution >= 4 is 19.8 Å². The number of carbonyl (C=O) groups excluding carboxylic acids is 2. The number of rotatable bonds is 42. The molecule has 9 heteroatoms. The second-order valence-corrected chi connectivity index (χ2v) is 16.6. The highest BCUT2D eigenvalue weighted by Crippen LogP contribution is 2.36. The van der Waals surface area contributed by atoms with Gasteiger partial charge in [-0.25, -0.2) is 4.57 Å². The molecule has 0 fully saturated rings. The van der Waals surface area contributed by atoms with Crippen molar-refractivity contribution in [1.29, 1.82) is 0 Å². The molecule has 0 aromatic heterocycles. The van der Waals surface area contributed by atoms with Crippen LogP contribution in [-0.4, -0.2) is 41.0 Å². The van der Waals surface area contributed by atoms with E-state index >= 15 is 0 Å². The van der Waals surface area contributed by atoms with E-state index in [9.17, 15) is 14.2 Å². The lowest BCUT2D eigenvalue weighted by molar-refractivity contribution is -0.161. The summed E-state index contributed by atoms with van der Waals surface area (Å²) in [6.45, 7) is 3.66. The molecule has 0 aliphatic rings. The zero-order valence-electron chi connectivity index (χ0n) is 35.1. The first-order valence-electron chi connectivity index (χ1n) is 22.6. The van der Waals surface area contributed by atoms with Gasteiger partial charge in [0.15, 0.2) is 6.10 Å². The highest BCUT2D eigenvalue weighted by Gasteiger charge is 2.22. The van der Waals surface area contributed by atoms with Crippen LogP contribution in [0.1, 0.15) is 232 Å². The molecule has 0 amide bonds. The molecule has 0 saturated heterocycles. The predicted molar refractivity (Wildman–Crippen MR) is 225 cm³/mol. The lowest BCUT2D eigenvalue weighted by Crippen LogP contribution is -2.29. The molecule has 0 spiro atoms. The maximum atomic E-state index is 12.4. The summed E-state index contributed by atoms with van der Waals surface area (Å²) in [5, 5.41) is 0. The molecule has 0 aromatic carbocycles. The van der Waals surface area contributed by atoms with Gasteiger partial charge < -0.3 is 19.3 Å². The normalized spacial score (nSPS) is 12.6. The quantitative estimate of drug-likeness (QED) is 0.0272. The predicted octanol–water partition coefficient (Wildman–Crippen LogP) is 14.0. The number of phosphoric acid groups is 1. The van der Waals surface area contributed by atoms with Gasteiger partial charge in [-0.05, 0) is 57.8 Å². The van der Waals surface area contributed by atoms with E-state index in [2.05, 4.69) is 42.7 Å². The smallest absolute Gasteiger partial charge is 0.462 e. The molecule has 0 unspecified atom stereocenters. The second kappa shape index (κ2) is 41.2. The second-order valence-electron chi connectivity index (χ2n) is 15.4. The fourth-order valence-corrected chi connectivity index (χ4v) is 6.91. The van der Waals surface area contributed by atoms with E-state index in [1.807, 2.05) is 0 Å². The van der Waals surface area contributed by atoms with E-state index in [1.165, 1.54) is 148 Å². The average molecular weight is 785 g/mol. The minimum atomic E-state index is -4.76. The third-order valence-electron chi connectivity index (χ3n) is 9.94. The van der Waals surface area contributed by atoms with Crippen LogP contribution < -0.4 is 0 Å². The number of hydrogen-bond acceptors (Lipinski definition) is 6. The number of phosphoric ester groups is 1. The van der Waals surface area contributed by atoms with E-state index in [0.29, 0.717) is 12.8 Å². The highest BCUT2D eigenvalue weighted by molar-refractivity contribution is 7.46. The summed E-state index contributed by atoms with van der Waals surface area (Å²) in [6, 6.07) is 0. The van der Waals surface area contributed by atoms with Crippen molar-refractivity contribution in [2.24, 2.45) is 0 Å². The molecule has 1 atom stereocenters. The van der Waals surface area contributed by atoms with Gasteiger partial charge in [-0.15, -0.1) is 0 Å². The number of esters is 2. The van der Waals surface area contributed by atoms with Crippen LogP contribution in [0, 0.1) is 0 Å². The van der Waals surface area contributed by atoms with E-state index < -0.39 is 32.5 Å². The van der Waals surface area contributed by atoms with Crippen LogP contribution >= 0.6 is 7.82 Å². The molecule has 0 aliphatic heterocycles. The van der Waals surface area contributed by atoms with Gasteiger partial charge in [-0.3, -0.25) is 14.1 Å². The molecule has 0 aliphatic carbocycles. The van der Waals surface area contributed by atoms with E-state index in [1.54, 1.807) is 0 Å². The van der Waals surface area contributed by atoms with Crippen LogP contribution in [0.5, 0.6) is 0 Å². The van der Waals surface area contributed by atoms with E-state index in [4.69, 9.17) is 19.3 Å². The Hall–Kier alpha value is -1.47. The SMILES string of the molecule is CCCCCC/C=C/CCCCCCCC(=O)OC[C@H](COP(=O)(O)O)OC(=O)CCC/C=C/CCCCCCCCCCCCCCCCCCCC. The summed E-state index contributed by atoms with van der Waals surface area (Å²) in [5.74, 6) is -0.924. The Morgan fingerprint density at radius 2 is 0.796 bits per heavy atom. The zero-order valence-corrected chi connectivity index (χ0v) is 36.0.